The fourth-order valence-corrected chi connectivity index (χ4v) is 1.38. The van der Waals surface area contributed by atoms with Gasteiger partial charge in [-0.05, 0) is 42.5 Å². The summed E-state index contributed by atoms with van der Waals surface area (Å²) in [5, 5.41) is 11.5. The topological polar surface area (TPSA) is 35.8 Å². The number of anilines is 2. The Kier molecular flexibility index (Phi) is 3.01. The Morgan fingerprint density at radius 2 is 1.59 bits per heavy atom. The molecular formula is C13H8F2N2. The summed E-state index contributed by atoms with van der Waals surface area (Å²) in [5.41, 5.74) is 1.15. The van der Waals surface area contributed by atoms with Gasteiger partial charge in [0.25, 0.3) is 0 Å². The molecule has 4 heteroatoms. The van der Waals surface area contributed by atoms with E-state index >= 15 is 0 Å². The average Bonchev–Trinajstić information content (AvgIpc) is 2.32. The number of rotatable bonds is 2. The number of nitrogens with one attached hydrogen (secondary N) is 1. The number of benzene rings is 2. The lowest BCUT2D eigenvalue weighted by Crippen LogP contribution is -1.92. The highest BCUT2D eigenvalue weighted by Crippen LogP contribution is 2.19. The molecule has 2 aromatic carbocycles. The molecule has 0 aliphatic rings. The van der Waals surface area contributed by atoms with Crippen molar-refractivity contribution < 1.29 is 8.78 Å². The number of nitriles is 1. The summed E-state index contributed by atoms with van der Waals surface area (Å²) < 4.78 is 26.0. The van der Waals surface area contributed by atoms with E-state index in [-0.39, 0.29) is 11.4 Å². The van der Waals surface area contributed by atoms with E-state index in [9.17, 15) is 8.78 Å². The van der Waals surface area contributed by atoms with E-state index in [1.807, 2.05) is 0 Å². The van der Waals surface area contributed by atoms with Crippen LogP contribution in [0.5, 0.6) is 0 Å². The molecule has 0 heterocycles. The van der Waals surface area contributed by atoms with Crippen LogP contribution in [0.4, 0.5) is 20.2 Å². The van der Waals surface area contributed by atoms with Gasteiger partial charge in [0.05, 0.1) is 5.56 Å². The fraction of sp³-hybridized carbons (Fsp3) is 0. The van der Waals surface area contributed by atoms with Crippen molar-refractivity contribution in [2.75, 3.05) is 5.32 Å². The van der Waals surface area contributed by atoms with Crippen LogP contribution >= 0.6 is 0 Å². The molecule has 0 bridgehead atoms. The molecule has 17 heavy (non-hydrogen) atoms. The van der Waals surface area contributed by atoms with Gasteiger partial charge in [0.2, 0.25) is 0 Å². The van der Waals surface area contributed by atoms with Crippen LogP contribution in [0.2, 0.25) is 0 Å². The quantitative estimate of drug-likeness (QED) is 0.855. The van der Waals surface area contributed by atoms with Crippen LogP contribution in [-0.2, 0) is 0 Å². The van der Waals surface area contributed by atoms with Crippen molar-refractivity contribution in [3.05, 3.63) is 59.7 Å². The predicted octanol–water partition coefficient (Wildman–Crippen LogP) is 3.58. The van der Waals surface area contributed by atoms with Gasteiger partial charge in [0, 0.05) is 11.4 Å². The lowest BCUT2D eigenvalue weighted by Gasteiger charge is -2.06. The van der Waals surface area contributed by atoms with Gasteiger partial charge in [-0.25, -0.2) is 8.78 Å². The summed E-state index contributed by atoms with van der Waals surface area (Å²) in [6.07, 6.45) is 0. The highest BCUT2D eigenvalue weighted by Gasteiger charge is 2.02. The van der Waals surface area contributed by atoms with Gasteiger partial charge in [-0.1, -0.05) is 0 Å². The Balaban J connectivity index is 2.22. The van der Waals surface area contributed by atoms with Crippen LogP contribution in [0, 0.1) is 23.0 Å². The van der Waals surface area contributed by atoms with E-state index in [0.717, 1.165) is 0 Å². The summed E-state index contributed by atoms with van der Waals surface area (Å²) in [7, 11) is 0. The minimum absolute atomic E-state index is 0.00495. The summed E-state index contributed by atoms with van der Waals surface area (Å²) in [6, 6.07) is 11.7. The lowest BCUT2D eigenvalue weighted by atomic mass is 10.2. The second-order valence-corrected chi connectivity index (χ2v) is 3.44. The minimum Gasteiger partial charge on any atom is -0.355 e. The Morgan fingerprint density at radius 3 is 2.18 bits per heavy atom. The predicted molar refractivity (Wildman–Crippen MR) is 60.8 cm³/mol. The molecule has 1 N–H and O–H groups in total. The monoisotopic (exact) mass is 230 g/mol. The zero-order chi connectivity index (χ0) is 12.3. The van der Waals surface area contributed by atoms with Gasteiger partial charge in [-0.2, -0.15) is 5.26 Å². The maximum absolute atomic E-state index is 13.3. The number of hydrogen-bond donors (Lipinski definition) is 1. The lowest BCUT2D eigenvalue weighted by molar-refractivity contribution is 0.624. The first kappa shape index (κ1) is 11.1. The third-order valence-corrected chi connectivity index (χ3v) is 2.22. The first-order chi connectivity index (χ1) is 8.19. The van der Waals surface area contributed by atoms with Crippen molar-refractivity contribution in [2.45, 2.75) is 0 Å². The summed E-state index contributed by atoms with van der Waals surface area (Å²) in [5.74, 6) is -0.916. The maximum Gasteiger partial charge on any atom is 0.143 e. The molecular weight excluding hydrogens is 222 g/mol. The normalized spacial score (nSPS) is 9.71. The second kappa shape index (κ2) is 4.62. The number of nitrogens with zero attached hydrogens (tertiary/aromatic N) is 1. The van der Waals surface area contributed by atoms with Crippen molar-refractivity contribution in [3.8, 4) is 6.07 Å². The highest BCUT2D eigenvalue weighted by atomic mass is 19.1. The van der Waals surface area contributed by atoms with E-state index in [2.05, 4.69) is 5.32 Å². The third-order valence-electron chi connectivity index (χ3n) is 2.22. The zero-order valence-corrected chi connectivity index (χ0v) is 8.74. The molecule has 0 unspecified atom stereocenters. The Morgan fingerprint density at radius 1 is 0.941 bits per heavy atom. The van der Waals surface area contributed by atoms with Crippen molar-refractivity contribution in [2.24, 2.45) is 0 Å². The van der Waals surface area contributed by atoms with Gasteiger partial charge in [-0.3, -0.25) is 0 Å². The van der Waals surface area contributed by atoms with Crippen LogP contribution in [0.25, 0.3) is 0 Å². The standard InChI is InChI=1S/C13H8F2N2/c14-10-2-5-11(6-3-10)17-12-4-1-9(8-16)13(15)7-12/h1-7,17H. The van der Waals surface area contributed by atoms with E-state index in [0.29, 0.717) is 11.4 Å². The molecule has 0 aliphatic heterocycles. The number of hydrogen-bond acceptors (Lipinski definition) is 2. The molecule has 0 aromatic heterocycles. The van der Waals surface area contributed by atoms with E-state index in [4.69, 9.17) is 5.26 Å². The van der Waals surface area contributed by atoms with Gasteiger partial charge < -0.3 is 5.32 Å². The van der Waals surface area contributed by atoms with E-state index < -0.39 is 5.82 Å². The molecule has 0 radical (unpaired) electrons. The van der Waals surface area contributed by atoms with Gasteiger partial charge in [-0.15, -0.1) is 0 Å². The summed E-state index contributed by atoms with van der Waals surface area (Å²) in [6.45, 7) is 0. The third kappa shape index (κ3) is 2.58. The zero-order valence-electron chi connectivity index (χ0n) is 8.74. The molecule has 84 valence electrons. The molecule has 2 rings (SSSR count). The van der Waals surface area contributed by atoms with Crippen LogP contribution in [0.3, 0.4) is 0 Å². The molecule has 0 spiro atoms. The Hall–Kier alpha value is -2.41. The molecule has 0 saturated heterocycles. The molecule has 0 fully saturated rings. The fourth-order valence-electron chi connectivity index (χ4n) is 1.38. The summed E-state index contributed by atoms with van der Waals surface area (Å²) in [4.78, 5) is 0. The largest absolute Gasteiger partial charge is 0.355 e. The van der Waals surface area contributed by atoms with Crippen LogP contribution in [0.1, 0.15) is 5.56 Å². The Bertz CT molecular complexity index is 571. The second-order valence-electron chi connectivity index (χ2n) is 3.44. The van der Waals surface area contributed by atoms with E-state index in [1.54, 1.807) is 24.3 Å². The van der Waals surface area contributed by atoms with Crippen molar-refractivity contribution in [1.82, 2.24) is 0 Å². The molecule has 2 nitrogen and oxygen atoms in total. The first-order valence-electron chi connectivity index (χ1n) is 4.91. The molecule has 0 saturated carbocycles. The van der Waals surface area contributed by atoms with Crippen molar-refractivity contribution in [1.29, 1.82) is 5.26 Å². The van der Waals surface area contributed by atoms with Gasteiger partial charge in [0.1, 0.15) is 17.7 Å². The highest BCUT2D eigenvalue weighted by molar-refractivity contribution is 5.60. The van der Waals surface area contributed by atoms with Gasteiger partial charge in [0.15, 0.2) is 0 Å². The average molecular weight is 230 g/mol. The smallest absolute Gasteiger partial charge is 0.143 e. The van der Waals surface area contributed by atoms with E-state index in [1.165, 1.54) is 24.3 Å². The van der Waals surface area contributed by atoms with Crippen molar-refractivity contribution in [3.63, 3.8) is 0 Å². The van der Waals surface area contributed by atoms with Gasteiger partial charge >= 0.3 is 0 Å². The number of halogens is 2. The van der Waals surface area contributed by atoms with Crippen LogP contribution in [-0.4, -0.2) is 0 Å². The van der Waals surface area contributed by atoms with Crippen LogP contribution in [0.15, 0.2) is 42.5 Å². The minimum atomic E-state index is -0.584. The molecule has 0 atom stereocenters. The maximum atomic E-state index is 13.3. The first-order valence-corrected chi connectivity index (χ1v) is 4.91. The SMILES string of the molecule is N#Cc1ccc(Nc2ccc(F)cc2)cc1F. The summed E-state index contributed by atoms with van der Waals surface area (Å²) >= 11 is 0. The molecule has 0 aliphatic carbocycles. The molecule has 0 amide bonds. The van der Waals surface area contributed by atoms with Crippen molar-refractivity contribution >= 4 is 11.4 Å². The molecule has 2 aromatic rings. The Labute approximate surface area is 97.1 Å². The van der Waals surface area contributed by atoms with Crippen LogP contribution < -0.4 is 5.32 Å².